The van der Waals surface area contributed by atoms with Gasteiger partial charge in [-0.3, -0.25) is 4.79 Å². The number of nitrogens with zero attached hydrogens (tertiary/aromatic N) is 3. The molecule has 0 aromatic carbocycles. The highest BCUT2D eigenvalue weighted by molar-refractivity contribution is 6.00. The number of hydrogen-bond donors (Lipinski definition) is 1. The fraction of sp³-hybridized carbons (Fsp3) is 0.467. The van der Waals surface area contributed by atoms with E-state index in [-0.39, 0.29) is 11.9 Å². The number of hydrogen-bond acceptors (Lipinski definition) is 2. The maximum atomic E-state index is 12.4. The van der Waals surface area contributed by atoms with Crippen molar-refractivity contribution in [2.24, 2.45) is 7.05 Å². The number of aryl methyl sites for hydroxylation is 1. The molecule has 2 heterocycles. The predicted molar refractivity (Wildman–Crippen MR) is 77.6 cm³/mol. The van der Waals surface area contributed by atoms with E-state index in [1.165, 1.54) is 18.4 Å². The second-order valence-corrected chi connectivity index (χ2v) is 5.46. The summed E-state index contributed by atoms with van der Waals surface area (Å²) >= 11 is 0. The third-order valence-corrected chi connectivity index (χ3v) is 4.01. The van der Waals surface area contributed by atoms with Crippen LogP contribution in [0.2, 0.25) is 0 Å². The number of rotatable bonds is 3. The van der Waals surface area contributed by atoms with Gasteiger partial charge in [-0.2, -0.15) is 5.10 Å². The second-order valence-electron chi connectivity index (χ2n) is 5.46. The first kappa shape index (κ1) is 13.0. The third kappa shape index (κ3) is 2.24. The largest absolute Gasteiger partial charge is 0.346 e. The maximum Gasteiger partial charge on any atom is 0.257 e. The fourth-order valence-corrected chi connectivity index (χ4v) is 2.83. The molecule has 0 fully saturated rings. The standard InChI is InChI=1S/C15H20N4O/c1-11(12-6-4-3-5-7-12)17-14(20)13-10-16-19-9-8-18(2)15(13)19/h6,8-11H,3-5,7H2,1-2H3,(H,17,20)/t11-/m1/s1. The highest BCUT2D eigenvalue weighted by Crippen LogP contribution is 2.20. The van der Waals surface area contributed by atoms with Gasteiger partial charge in [0.2, 0.25) is 0 Å². The molecule has 0 saturated heterocycles. The lowest BCUT2D eigenvalue weighted by Crippen LogP contribution is -2.34. The van der Waals surface area contributed by atoms with E-state index in [1.54, 1.807) is 10.7 Å². The predicted octanol–water partition coefficient (Wildman–Crippen LogP) is 2.29. The lowest BCUT2D eigenvalue weighted by atomic mass is 9.94. The van der Waals surface area contributed by atoms with Crippen LogP contribution in [-0.4, -0.2) is 26.1 Å². The van der Waals surface area contributed by atoms with Gasteiger partial charge in [-0.05, 0) is 32.6 Å². The zero-order valence-corrected chi connectivity index (χ0v) is 12.0. The third-order valence-electron chi connectivity index (χ3n) is 4.01. The Morgan fingerprint density at radius 2 is 2.25 bits per heavy atom. The van der Waals surface area contributed by atoms with Crippen molar-refractivity contribution in [3.63, 3.8) is 0 Å². The Bertz CT molecular complexity index is 665. The molecule has 1 aliphatic rings. The monoisotopic (exact) mass is 272 g/mol. The van der Waals surface area contributed by atoms with Crippen LogP contribution in [0.1, 0.15) is 43.0 Å². The lowest BCUT2D eigenvalue weighted by Gasteiger charge is -2.20. The van der Waals surface area contributed by atoms with Gasteiger partial charge in [-0.15, -0.1) is 0 Å². The Balaban J connectivity index is 1.79. The second kappa shape index (κ2) is 5.15. The molecule has 5 nitrogen and oxygen atoms in total. The van der Waals surface area contributed by atoms with Crippen molar-refractivity contribution >= 4 is 11.6 Å². The summed E-state index contributed by atoms with van der Waals surface area (Å²) in [6.45, 7) is 2.06. The van der Waals surface area contributed by atoms with Gasteiger partial charge in [0.05, 0.1) is 6.20 Å². The van der Waals surface area contributed by atoms with Gasteiger partial charge < -0.3 is 9.88 Å². The Hall–Kier alpha value is -2.04. The van der Waals surface area contributed by atoms with Crippen LogP contribution in [0.15, 0.2) is 30.2 Å². The molecule has 1 N–H and O–H groups in total. The average molecular weight is 272 g/mol. The van der Waals surface area contributed by atoms with Crippen LogP contribution in [-0.2, 0) is 7.05 Å². The molecular weight excluding hydrogens is 252 g/mol. The van der Waals surface area contributed by atoms with E-state index in [0.29, 0.717) is 5.56 Å². The SMILES string of the molecule is C[C@@H](NC(=O)c1cnn2ccn(C)c12)C1=CCCCC1. The normalized spacial score (nSPS) is 17.0. The average Bonchev–Trinajstić information content (AvgIpc) is 3.03. The number of carbonyl (C=O) groups excluding carboxylic acids is 1. The van der Waals surface area contributed by atoms with Crippen LogP contribution in [0.25, 0.3) is 5.65 Å². The summed E-state index contributed by atoms with van der Waals surface area (Å²) < 4.78 is 3.63. The van der Waals surface area contributed by atoms with Crippen molar-refractivity contribution in [2.45, 2.75) is 38.6 Å². The molecule has 2 aromatic heterocycles. The molecule has 1 aliphatic carbocycles. The first-order valence-corrected chi connectivity index (χ1v) is 7.15. The van der Waals surface area contributed by atoms with Crippen molar-refractivity contribution in [3.8, 4) is 0 Å². The van der Waals surface area contributed by atoms with Gasteiger partial charge in [-0.25, -0.2) is 4.52 Å². The van der Waals surface area contributed by atoms with Gasteiger partial charge in [0.1, 0.15) is 11.2 Å². The summed E-state index contributed by atoms with van der Waals surface area (Å²) in [5, 5.41) is 7.29. The molecule has 1 atom stereocenters. The van der Waals surface area contributed by atoms with Crippen molar-refractivity contribution in [3.05, 3.63) is 35.8 Å². The summed E-state index contributed by atoms with van der Waals surface area (Å²) in [6, 6.07) is 0.0954. The van der Waals surface area contributed by atoms with Crippen molar-refractivity contribution in [2.75, 3.05) is 0 Å². The molecule has 0 saturated carbocycles. The first-order chi connectivity index (χ1) is 9.66. The molecule has 0 spiro atoms. The Morgan fingerprint density at radius 3 is 3.00 bits per heavy atom. The number of nitrogens with one attached hydrogen (secondary N) is 1. The van der Waals surface area contributed by atoms with Crippen LogP contribution in [0.4, 0.5) is 0 Å². The van der Waals surface area contributed by atoms with Crippen LogP contribution in [0.5, 0.6) is 0 Å². The van der Waals surface area contributed by atoms with Gasteiger partial charge in [0, 0.05) is 25.5 Å². The highest BCUT2D eigenvalue weighted by Gasteiger charge is 2.19. The number of carbonyl (C=O) groups is 1. The molecule has 0 aliphatic heterocycles. The minimum atomic E-state index is -0.0548. The molecule has 0 unspecified atom stereocenters. The van der Waals surface area contributed by atoms with E-state index in [1.807, 2.05) is 24.0 Å². The number of fused-ring (bicyclic) bond motifs is 1. The van der Waals surface area contributed by atoms with E-state index in [4.69, 9.17) is 0 Å². The topological polar surface area (TPSA) is 51.3 Å². The summed E-state index contributed by atoms with van der Waals surface area (Å²) in [5.74, 6) is -0.0548. The zero-order chi connectivity index (χ0) is 14.1. The number of allylic oxidation sites excluding steroid dienone is 1. The fourth-order valence-electron chi connectivity index (χ4n) is 2.83. The van der Waals surface area contributed by atoms with E-state index in [2.05, 4.69) is 23.4 Å². The van der Waals surface area contributed by atoms with Crippen molar-refractivity contribution < 1.29 is 4.79 Å². The first-order valence-electron chi connectivity index (χ1n) is 7.15. The molecule has 5 heteroatoms. The van der Waals surface area contributed by atoms with E-state index >= 15 is 0 Å². The minimum absolute atomic E-state index is 0.0548. The smallest absolute Gasteiger partial charge is 0.257 e. The molecule has 3 rings (SSSR count). The van der Waals surface area contributed by atoms with Crippen LogP contribution in [0.3, 0.4) is 0 Å². The Morgan fingerprint density at radius 1 is 1.40 bits per heavy atom. The number of amides is 1. The molecule has 20 heavy (non-hydrogen) atoms. The van der Waals surface area contributed by atoms with Crippen LogP contribution in [0, 0.1) is 0 Å². The Kier molecular flexibility index (Phi) is 3.34. The molecule has 2 aromatic rings. The van der Waals surface area contributed by atoms with E-state index in [9.17, 15) is 4.79 Å². The van der Waals surface area contributed by atoms with Crippen LogP contribution >= 0.6 is 0 Å². The lowest BCUT2D eigenvalue weighted by molar-refractivity contribution is 0.0946. The minimum Gasteiger partial charge on any atom is -0.346 e. The summed E-state index contributed by atoms with van der Waals surface area (Å²) in [7, 11) is 1.92. The van der Waals surface area contributed by atoms with Crippen LogP contribution < -0.4 is 5.32 Å². The van der Waals surface area contributed by atoms with E-state index < -0.39 is 0 Å². The van der Waals surface area contributed by atoms with Gasteiger partial charge in [0.25, 0.3) is 5.91 Å². The molecule has 1 amide bonds. The molecule has 106 valence electrons. The molecule has 0 bridgehead atoms. The van der Waals surface area contributed by atoms with Gasteiger partial charge >= 0.3 is 0 Å². The van der Waals surface area contributed by atoms with E-state index in [0.717, 1.165) is 18.5 Å². The maximum absolute atomic E-state index is 12.4. The summed E-state index contributed by atoms with van der Waals surface area (Å²) in [5.41, 5.74) is 2.80. The zero-order valence-electron chi connectivity index (χ0n) is 12.0. The molecule has 0 radical (unpaired) electrons. The summed E-state index contributed by atoms with van der Waals surface area (Å²) in [4.78, 5) is 12.4. The van der Waals surface area contributed by atoms with Gasteiger partial charge in [0.15, 0.2) is 0 Å². The Labute approximate surface area is 118 Å². The summed E-state index contributed by atoms with van der Waals surface area (Å²) in [6.07, 6.45) is 12.3. The van der Waals surface area contributed by atoms with Crippen molar-refractivity contribution in [1.29, 1.82) is 0 Å². The molecular formula is C15H20N4O. The van der Waals surface area contributed by atoms with Crippen molar-refractivity contribution in [1.82, 2.24) is 19.5 Å². The number of imidazole rings is 1. The van der Waals surface area contributed by atoms with Gasteiger partial charge in [-0.1, -0.05) is 11.6 Å². The quantitative estimate of drug-likeness (QED) is 0.872. The number of aromatic nitrogens is 3. The highest BCUT2D eigenvalue weighted by atomic mass is 16.1.